The number of hydrogen-bond donors (Lipinski definition) is 2. The lowest BCUT2D eigenvalue weighted by atomic mass is 9.81. The van der Waals surface area contributed by atoms with Gasteiger partial charge in [0.1, 0.15) is 0 Å². The van der Waals surface area contributed by atoms with Crippen molar-refractivity contribution in [1.82, 2.24) is 0 Å². The van der Waals surface area contributed by atoms with Crippen molar-refractivity contribution in [3.63, 3.8) is 0 Å². The van der Waals surface area contributed by atoms with Crippen molar-refractivity contribution in [2.45, 2.75) is 52.4 Å². The summed E-state index contributed by atoms with van der Waals surface area (Å²) in [5, 5.41) is 1.22. The van der Waals surface area contributed by atoms with Crippen LogP contribution in [-0.4, -0.2) is 9.79 Å². The Labute approximate surface area is 175 Å². The predicted octanol–water partition coefficient (Wildman–Crippen LogP) is 5.73. The van der Waals surface area contributed by atoms with Gasteiger partial charge in [-0.2, -0.15) is 0 Å². The van der Waals surface area contributed by atoms with Crippen LogP contribution in [0, 0.1) is 0 Å². The normalized spacial score (nSPS) is 12.8. The van der Waals surface area contributed by atoms with E-state index in [9.17, 15) is 9.79 Å². The van der Waals surface area contributed by atoms with Gasteiger partial charge < -0.3 is 0 Å². The molecule has 0 aliphatic heterocycles. The Hall–Kier alpha value is -1.99. The third-order valence-electron chi connectivity index (χ3n) is 5.34. The molecule has 0 unspecified atom stereocenters. The maximum absolute atomic E-state index is 11.3. The molecule has 2 N–H and O–H groups in total. The SMILES string of the molecule is CC(C)(C)c1ccc([P+](O)(O)c2ccc(-c3ccccc3)cc2)c(C(C)(C)C)c1. The Bertz CT molecular complexity index is 976. The van der Waals surface area contributed by atoms with Crippen molar-refractivity contribution in [2.24, 2.45) is 0 Å². The van der Waals surface area contributed by atoms with Crippen LogP contribution >= 0.6 is 7.72 Å². The standard InChI is InChI=1S/C26H32O2P/c1-25(2,3)21-14-17-24(23(18-21)26(4,5)6)29(27,28)22-15-12-20(13-16-22)19-10-8-7-9-11-19/h7-18,27-28H,1-6H3/q+1. The van der Waals surface area contributed by atoms with Gasteiger partial charge in [0.15, 0.2) is 10.6 Å². The van der Waals surface area contributed by atoms with Gasteiger partial charge in [-0.25, -0.2) is 9.79 Å². The summed E-state index contributed by atoms with van der Waals surface area (Å²) in [6.07, 6.45) is 0. The highest BCUT2D eigenvalue weighted by Crippen LogP contribution is 2.50. The molecule has 0 heterocycles. The molecular weight excluding hydrogens is 375 g/mol. The Morgan fingerprint density at radius 2 is 1.17 bits per heavy atom. The number of hydrogen-bond acceptors (Lipinski definition) is 2. The molecule has 3 heteroatoms. The van der Waals surface area contributed by atoms with Gasteiger partial charge >= 0.3 is 7.72 Å². The summed E-state index contributed by atoms with van der Waals surface area (Å²) < 4.78 is 0. The summed E-state index contributed by atoms with van der Waals surface area (Å²) in [5.74, 6) is 0. The van der Waals surface area contributed by atoms with Crippen LogP contribution < -0.4 is 10.6 Å². The topological polar surface area (TPSA) is 40.5 Å². The summed E-state index contributed by atoms with van der Waals surface area (Å²) in [6.45, 7) is 12.9. The Morgan fingerprint density at radius 3 is 1.69 bits per heavy atom. The number of rotatable bonds is 3. The van der Waals surface area contributed by atoms with E-state index in [1.807, 2.05) is 54.6 Å². The zero-order chi connectivity index (χ0) is 21.4. The first-order valence-corrected chi connectivity index (χ1v) is 11.8. The third-order valence-corrected chi connectivity index (χ3v) is 7.42. The second-order valence-electron chi connectivity index (χ2n) is 9.75. The Kier molecular flexibility index (Phi) is 5.75. The lowest BCUT2D eigenvalue weighted by Crippen LogP contribution is -2.31. The molecule has 0 aliphatic carbocycles. The van der Waals surface area contributed by atoms with Gasteiger partial charge in [0.25, 0.3) is 0 Å². The highest BCUT2D eigenvalue weighted by molar-refractivity contribution is 7.79. The van der Waals surface area contributed by atoms with Crippen molar-refractivity contribution >= 4 is 18.3 Å². The van der Waals surface area contributed by atoms with Crippen LogP contribution in [0.15, 0.2) is 72.8 Å². The minimum absolute atomic E-state index is 0.00186. The first-order valence-electron chi connectivity index (χ1n) is 10.1. The van der Waals surface area contributed by atoms with Crippen molar-refractivity contribution in [3.05, 3.63) is 83.9 Å². The van der Waals surface area contributed by atoms with Crippen LogP contribution in [0.4, 0.5) is 0 Å². The summed E-state index contributed by atoms with van der Waals surface area (Å²) >= 11 is 0. The maximum atomic E-state index is 11.3. The van der Waals surface area contributed by atoms with E-state index in [1.54, 1.807) is 0 Å². The third kappa shape index (κ3) is 4.61. The van der Waals surface area contributed by atoms with Crippen LogP contribution in [0.3, 0.4) is 0 Å². The molecule has 29 heavy (non-hydrogen) atoms. The maximum Gasteiger partial charge on any atom is 0.333 e. The molecular formula is C26H32O2P+. The molecule has 0 atom stereocenters. The summed E-state index contributed by atoms with van der Waals surface area (Å²) in [5.41, 5.74) is 4.18. The molecule has 3 rings (SSSR count). The molecule has 2 nitrogen and oxygen atoms in total. The zero-order valence-corrected chi connectivity index (χ0v) is 19.2. The monoisotopic (exact) mass is 407 g/mol. The van der Waals surface area contributed by atoms with Crippen molar-refractivity contribution in [2.75, 3.05) is 0 Å². The van der Waals surface area contributed by atoms with E-state index in [0.717, 1.165) is 16.7 Å². The second kappa shape index (κ2) is 7.69. The van der Waals surface area contributed by atoms with E-state index in [4.69, 9.17) is 0 Å². The quantitative estimate of drug-likeness (QED) is 0.544. The second-order valence-corrected chi connectivity index (χ2v) is 11.9. The lowest BCUT2D eigenvalue weighted by molar-refractivity contribution is 0.477. The Morgan fingerprint density at radius 1 is 0.621 bits per heavy atom. The molecule has 0 fully saturated rings. The van der Waals surface area contributed by atoms with Gasteiger partial charge in [-0.15, -0.1) is 0 Å². The molecule has 0 amide bonds. The molecule has 0 saturated heterocycles. The van der Waals surface area contributed by atoms with Crippen LogP contribution in [0.5, 0.6) is 0 Å². The van der Waals surface area contributed by atoms with E-state index in [-0.39, 0.29) is 10.8 Å². The van der Waals surface area contributed by atoms with E-state index in [0.29, 0.717) is 10.6 Å². The molecule has 0 aliphatic rings. The minimum atomic E-state index is -3.46. The fraction of sp³-hybridized carbons (Fsp3) is 0.308. The smallest absolute Gasteiger partial charge is 0.210 e. The zero-order valence-electron chi connectivity index (χ0n) is 18.3. The van der Waals surface area contributed by atoms with Crippen LogP contribution in [0.1, 0.15) is 52.7 Å². The van der Waals surface area contributed by atoms with Gasteiger partial charge in [-0.05, 0) is 45.7 Å². The van der Waals surface area contributed by atoms with Gasteiger partial charge in [-0.3, -0.25) is 0 Å². The van der Waals surface area contributed by atoms with Crippen LogP contribution in [0.2, 0.25) is 0 Å². The lowest BCUT2D eigenvalue weighted by Gasteiger charge is -2.28. The first-order chi connectivity index (χ1) is 13.4. The first kappa shape index (κ1) is 21.7. The summed E-state index contributed by atoms with van der Waals surface area (Å²) in [6, 6.07) is 23.8. The van der Waals surface area contributed by atoms with Gasteiger partial charge in [0.2, 0.25) is 0 Å². The van der Waals surface area contributed by atoms with Crippen LogP contribution in [0.25, 0.3) is 11.1 Å². The van der Waals surface area contributed by atoms with Crippen molar-refractivity contribution in [1.29, 1.82) is 0 Å². The molecule has 0 aromatic heterocycles. The summed E-state index contributed by atoms with van der Waals surface area (Å²) in [7, 11) is -3.46. The fourth-order valence-electron chi connectivity index (χ4n) is 3.51. The van der Waals surface area contributed by atoms with E-state index < -0.39 is 7.72 Å². The highest BCUT2D eigenvalue weighted by Gasteiger charge is 2.44. The minimum Gasteiger partial charge on any atom is -0.210 e. The molecule has 3 aromatic rings. The van der Waals surface area contributed by atoms with E-state index >= 15 is 0 Å². The summed E-state index contributed by atoms with van der Waals surface area (Å²) in [4.78, 5) is 22.6. The molecule has 3 aromatic carbocycles. The molecule has 0 radical (unpaired) electrons. The molecule has 152 valence electrons. The molecule has 0 bridgehead atoms. The molecule has 0 saturated carbocycles. The van der Waals surface area contributed by atoms with E-state index in [1.165, 1.54) is 5.56 Å². The fourth-order valence-corrected chi connectivity index (χ4v) is 5.37. The average Bonchev–Trinajstić information content (AvgIpc) is 2.67. The van der Waals surface area contributed by atoms with Gasteiger partial charge in [0, 0.05) is 5.56 Å². The van der Waals surface area contributed by atoms with Crippen molar-refractivity contribution in [3.8, 4) is 11.1 Å². The van der Waals surface area contributed by atoms with Gasteiger partial charge in [0.05, 0.1) is 0 Å². The van der Waals surface area contributed by atoms with Gasteiger partial charge in [-0.1, -0.05) is 96.1 Å². The number of benzene rings is 3. The Balaban J connectivity index is 2.07. The van der Waals surface area contributed by atoms with E-state index in [2.05, 4.69) is 59.7 Å². The predicted molar refractivity (Wildman–Crippen MR) is 126 cm³/mol. The molecule has 0 spiro atoms. The highest BCUT2D eigenvalue weighted by atomic mass is 31.2. The largest absolute Gasteiger partial charge is 0.333 e. The van der Waals surface area contributed by atoms with Crippen LogP contribution in [-0.2, 0) is 10.8 Å². The average molecular weight is 408 g/mol. The van der Waals surface area contributed by atoms with Crippen molar-refractivity contribution < 1.29 is 9.79 Å².